The Balaban J connectivity index is 1.51. The van der Waals surface area contributed by atoms with Crippen LogP contribution in [0.5, 0.6) is 0 Å². The first kappa shape index (κ1) is 16.6. The van der Waals surface area contributed by atoms with Crippen molar-refractivity contribution in [2.45, 2.75) is 25.8 Å². The quantitative estimate of drug-likeness (QED) is 0.916. The Kier molecular flexibility index (Phi) is 4.33. The van der Waals surface area contributed by atoms with Gasteiger partial charge in [-0.1, -0.05) is 54.6 Å². The third-order valence-electron chi connectivity index (χ3n) is 5.43. The van der Waals surface area contributed by atoms with Crippen molar-refractivity contribution in [3.8, 4) is 0 Å². The number of carbonyl (C=O) groups is 2. The molecule has 1 heterocycles. The molecule has 1 aliphatic heterocycles. The Morgan fingerprint density at radius 3 is 2.42 bits per heavy atom. The highest BCUT2D eigenvalue weighted by Gasteiger charge is 2.52. The average molecular weight is 346 g/mol. The number of allylic oxidation sites excluding steroid dienone is 1. The number of hydrogen-bond donors (Lipinski definition) is 1. The van der Waals surface area contributed by atoms with Crippen LogP contribution in [0.2, 0.25) is 0 Å². The van der Waals surface area contributed by atoms with Crippen LogP contribution in [0.1, 0.15) is 24.8 Å². The minimum absolute atomic E-state index is 0.0910. The van der Waals surface area contributed by atoms with E-state index in [-0.39, 0.29) is 11.8 Å². The van der Waals surface area contributed by atoms with E-state index in [1.165, 1.54) is 0 Å². The fourth-order valence-corrected chi connectivity index (χ4v) is 4.10. The van der Waals surface area contributed by atoms with Gasteiger partial charge in [0.2, 0.25) is 5.91 Å². The first-order valence-electron chi connectivity index (χ1n) is 9.09. The molecule has 1 N–H and O–H groups in total. The molecular formula is C22H22N2O2. The second-order valence-electron chi connectivity index (χ2n) is 7.02. The monoisotopic (exact) mass is 346 g/mol. The molecule has 2 aromatic carbocycles. The van der Waals surface area contributed by atoms with Gasteiger partial charge < -0.3 is 10.2 Å². The third kappa shape index (κ3) is 2.92. The summed E-state index contributed by atoms with van der Waals surface area (Å²) in [5, 5.41) is 2.94. The van der Waals surface area contributed by atoms with E-state index in [9.17, 15) is 9.59 Å². The predicted octanol–water partition coefficient (Wildman–Crippen LogP) is 3.76. The van der Waals surface area contributed by atoms with Crippen molar-refractivity contribution in [1.82, 2.24) is 4.90 Å². The molecule has 2 aliphatic rings. The van der Waals surface area contributed by atoms with E-state index in [1.807, 2.05) is 71.6 Å². The van der Waals surface area contributed by atoms with Crippen LogP contribution >= 0.6 is 0 Å². The second kappa shape index (κ2) is 6.79. The van der Waals surface area contributed by atoms with E-state index in [4.69, 9.17) is 0 Å². The number of likely N-dealkylation sites (tertiary alicyclic amines) is 1. The van der Waals surface area contributed by atoms with Crippen molar-refractivity contribution in [2.75, 3.05) is 11.9 Å². The van der Waals surface area contributed by atoms with Gasteiger partial charge in [0.05, 0.1) is 5.41 Å². The van der Waals surface area contributed by atoms with Gasteiger partial charge in [0, 0.05) is 24.4 Å². The van der Waals surface area contributed by atoms with E-state index >= 15 is 0 Å². The molecule has 1 aliphatic carbocycles. The number of benzene rings is 2. The van der Waals surface area contributed by atoms with Crippen molar-refractivity contribution in [2.24, 2.45) is 5.41 Å². The summed E-state index contributed by atoms with van der Waals surface area (Å²) in [4.78, 5) is 27.9. The van der Waals surface area contributed by atoms with Gasteiger partial charge >= 0.3 is 0 Å². The highest BCUT2D eigenvalue weighted by atomic mass is 16.2. The molecule has 0 radical (unpaired) electrons. The van der Waals surface area contributed by atoms with Gasteiger partial charge in [0.15, 0.2) is 0 Å². The SMILES string of the molecule is O=C(Nc1ccccc1)C1=CCCC12CCN(Cc1ccccc1)C2=O. The molecule has 1 unspecified atom stereocenters. The molecule has 2 amide bonds. The Morgan fingerprint density at radius 1 is 1.00 bits per heavy atom. The van der Waals surface area contributed by atoms with Gasteiger partial charge in [-0.2, -0.15) is 0 Å². The number of nitrogens with one attached hydrogen (secondary N) is 1. The largest absolute Gasteiger partial charge is 0.338 e. The summed E-state index contributed by atoms with van der Waals surface area (Å²) in [5.74, 6) is -0.0584. The van der Waals surface area contributed by atoms with Crippen LogP contribution < -0.4 is 5.32 Å². The van der Waals surface area contributed by atoms with Crippen molar-refractivity contribution in [1.29, 1.82) is 0 Å². The summed E-state index contributed by atoms with van der Waals surface area (Å²) >= 11 is 0. The van der Waals surface area contributed by atoms with Crippen LogP contribution in [0.4, 0.5) is 5.69 Å². The maximum atomic E-state index is 13.2. The van der Waals surface area contributed by atoms with Crippen molar-refractivity contribution in [3.05, 3.63) is 77.9 Å². The lowest BCUT2D eigenvalue weighted by atomic mass is 9.79. The standard InChI is InChI=1S/C22H22N2O2/c25-20(23-18-10-5-2-6-11-18)19-12-7-13-22(19)14-15-24(21(22)26)16-17-8-3-1-4-9-17/h1-6,8-12H,7,13-16H2,(H,23,25). The number of amides is 2. The first-order chi connectivity index (χ1) is 12.7. The molecule has 4 nitrogen and oxygen atoms in total. The van der Waals surface area contributed by atoms with Gasteiger partial charge in [0.25, 0.3) is 5.91 Å². The van der Waals surface area contributed by atoms with Crippen molar-refractivity contribution < 1.29 is 9.59 Å². The van der Waals surface area contributed by atoms with Gasteiger partial charge in [-0.3, -0.25) is 9.59 Å². The van der Waals surface area contributed by atoms with Crippen LogP contribution in [0, 0.1) is 5.41 Å². The van der Waals surface area contributed by atoms with Crippen molar-refractivity contribution in [3.63, 3.8) is 0 Å². The topological polar surface area (TPSA) is 49.4 Å². The average Bonchev–Trinajstić information content (AvgIpc) is 3.23. The lowest BCUT2D eigenvalue weighted by molar-refractivity contribution is -0.136. The Bertz CT molecular complexity index is 845. The molecule has 1 spiro atoms. The van der Waals surface area contributed by atoms with Gasteiger partial charge in [0.1, 0.15) is 0 Å². The highest BCUT2D eigenvalue weighted by Crippen LogP contribution is 2.48. The van der Waals surface area contributed by atoms with Crippen molar-refractivity contribution >= 4 is 17.5 Å². The minimum Gasteiger partial charge on any atom is -0.338 e. The van der Waals surface area contributed by atoms with E-state index in [0.717, 1.165) is 24.1 Å². The van der Waals surface area contributed by atoms with Crippen LogP contribution in [0.3, 0.4) is 0 Å². The van der Waals surface area contributed by atoms with E-state index in [2.05, 4.69) is 5.32 Å². The summed E-state index contributed by atoms with van der Waals surface area (Å²) in [6.07, 6.45) is 4.17. The zero-order chi connectivity index (χ0) is 18.0. The molecule has 26 heavy (non-hydrogen) atoms. The Labute approximate surface area is 153 Å². The number of carbonyl (C=O) groups excluding carboxylic acids is 2. The number of rotatable bonds is 4. The summed E-state index contributed by atoms with van der Waals surface area (Å²) in [6.45, 7) is 1.30. The summed E-state index contributed by atoms with van der Waals surface area (Å²) in [6, 6.07) is 19.4. The fraction of sp³-hybridized carbons (Fsp3) is 0.273. The lowest BCUT2D eigenvalue weighted by Crippen LogP contribution is -2.37. The number of anilines is 1. The molecule has 0 saturated carbocycles. The summed E-state index contributed by atoms with van der Waals surface area (Å²) in [7, 11) is 0. The van der Waals surface area contributed by atoms with Gasteiger partial charge in [-0.05, 0) is 37.0 Å². The molecule has 2 aromatic rings. The number of nitrogens with zero attached hydrogens (tertiary/aromatic N) is 1. The molecule has 0 bridgehead atoms. The molecule has 1 fully saturated rings. The predicted molar refractivity (Wildman–Crippen MR) is 101 cm³/mol. The third-order valence-corrected chi connectivity index (χ3v) is 5.43. The van der Waals surface area contributed by atoms with Crippen LogP contribution in [0.15, 0.2) is 72.3 Å². The van der Waals surface area contributed by atoms with Crippen LogP contribution in [-0.4, -0.2) is 23.3 Å². The number of para-hydroxylation sites is 1. The summed E-state index contributed by atoms with van der Waals surface area (Å²) in [5.41, 5.74) is 1.87. The molecule has 4 rings (SSSR count). The molecule has 1 saturated heterocycles. The maximum absolute atomic E-state index is 13.2. The molecule has 1 atom stereocenters. The zero-order valence-electron chi connectivity index (χ0n) is 14.7. The molecule has 4 heteroatoms. The highest BCUT2D eigenvalue weighted by molar-refractivity contribution is 6.10. The van der Waals surface area contributed by atoms with E-state index < -0.39 is 5.41 Å². The zero-order valence-corrected chi connectivity index (χ0v) is 14.7. The Hall–Kier alpha value is -2.88. The minimum atomic E-state index is -0.645. The Morgan fingerprint density at radius 2 is 1.69 bits per heavy atom. The maximum Gasteiger partial charge on any atom is 0.252 e. The van der Waals surface area contributed by atoms with E-state index in [1.54, 1.807) is 0 Å². The summed E-state index contributed by atoms with van der Waals surface area (Å²) < 4.78 is 0. The van der Waals surface area contributed by atoms with Crippen LogP contribution in [-0.2, 0) is 16.1 Å². The molecule has 132 valence electrons. The second-order valence-corrected chi connectivity index (χ2v) is 7.02. The fourth-order valence-electron chi connectivity index (χ4n) is 4.10. The molecule has 0 aromatic heterocycles. The van der Waals surface area contributed by atoms with E-state index in [0.29, 0.717) is 25.1 Å². The smallest absolute Gasteiger partial charge is 0.252 e. The molecular weight excluding hydrogens is 324 g/mol. The van der Waals surface area contributed by atoms with Gasteiger partial charge in [-0.25, -0.2) is 0 Å². The van der Waals surface area contributed by atoms with Gasteiger partial charge in [-0.15, -0.1) is 0 Å². The van der Waals surface area contributed by atoms with Crippen LogP contribution in [0.25, 0.3) is 0 Å². The lowest BCUT2D eigenvalue weighted by Gasteiger charge is -2.26. The normalized spacial score (nSPS) is 21.9. The first-order valence-corrected chi connectivity index (χ1v) is 9.09. The number of hydrogen-bond acceptors (Lipinski definition) is 2.